The number of aliphatic carboxylic acids is 1. The summed E-state index contributed by atoms with van der Waals surface area (Å²) < 4.78 is 67.8. The van der Waals surface area contributed by atoms with Gasteiger partial charge in [-0.05, 0) is 30.3 Å². The summed E-state index contributed by atoms with van der Waals surface area (Å²) in [5.41, 5.74) is -2.13. The number of halogens is 3. The molecular weight excluding hydrogens is 417 g/mol. The van der Waals surface area contributed by atoms with Crippen LogP contribution in [-0.2, 0) is 20.4 Å². The third-order valence-electron chi connectivity index (χ3n) is 4.23. The lowest BCUT2D eigenvalue weighted by atomic mass is 9.96. The average Bonchev–Trinajstić information content (AvgIpc) is 2.67. The number of ether oxygens (including phenoxy) is 1. The van der Waals surface area contributed by atoms with Crippen molar-refractivity contribution in [2.75, 3.05) is 19.6 Å². The number of hydrogen-bond acceptors (Lipinski definition) is 7. The summed E-state index contributed by atoms with van der Waals surface area (Å²) >= 11 is 0. The summed E-state index contributed by atoms with van der Waals surface area (Å²) in [5.74, 6) is -2.33. The highest BCUT2D eigenvalue weighted by molar-refractivity contribution is 7.89. The molecule has 13 heteroatoms. The van der Waals surface area contributed by atoms with Crippen LogP contribution in [0.3, 0.4) is 0 Å². The number of hydrogen-bond donors (Lipinski definition) is 2. The number of benzene rings is 1. The Morgan fingerprint density at radius 1 is 1.21 bits per heavy atom. The van der Waals surface area contributed by atoms with Crippen molar-refractivity contribution in [3.05, 3.63) is 48.5 Å². The number of alkyl halides is 3. The summed E-state index contributed by atoms with van der Waals surface area (Å²) in [6.07, 6.45) is -2.35. The number of nitrogens with zero attached hydrogens (tertiary/aromatic N) is 3. The van der Waals surface area contributed by atoms with Crippen molar-refractivity contribution < 1.29 is 36.2 Å². The number of carbonyl (C=O) groups is 1. The van der Waals surface area contributed by atoms with Crippen LogP contribution >= 0.6 is 0 Å². The highest BCUT2D eigenvalue weighted by Gasteiger charge is 2.55. The number of rotatable bonds is 5. The first-order chi connectivity index (χ1) is 13.6. The Labute approximate surface area is 163 Å². The van der Waals surface area contributed by atoms with Crippen molar-refractivity contribution in [1.82, 2.24) is 19.6 Å². The van der Waals surface area contributed by atoms with E-state index in [1.807, 2.05) is 0 Å². The molecule has 1 aromatic heterocycles. The summed E-state index contributed by atoms with van der Waals surface area (Å²) in [4.78, 5) is 19.7. The third-order valence-corrected chi connectivity index (χ3v) is 6.18. The van der Waals surface area contributed by atoms with E-state index in [-0.39, 0.29) is 25.5 Å². The van der Waals surface area contributed by atoms with Gasteiger partial charge in [-0.15, -0.1) is 13.2 Å². The zero-order valence-electron chi connectivity index (χ0n) is 14.6. The van der Waals surface area contributed by atoms with Crippen LogP contribution in [-0.4, -0.2) is 59.8 Å². The number of nitrogens with one attached hydrogen (secondary N) is 1. The molecule has 1 aliphatic heterocycles. The highest BCUT2D eigenvalue weighted by Crippen LogP contribution is 2.34. The molecule has 1 unspecified atom stereocenters. The quantitative estimate of drug-likeness (QED) is 0.716. The minimum absolute atomic E-state index is 0.163. The van der Waals surface area contributed by atoms with E-state index < -0.39 is 38.5 Å². The Kier molecular flexibility index (Phi) is 5.47. The van der Waals surface area contributed by atoms with E-state index >= 15 is 0 Å². The monoisotopic (exact) mass is 432 g/mol. The van der Waals surface area contributed by atoms with E-state index in [9.17, 15) is 31.5 Å². The van der Waals surface area contributed by atoms with Gasteiger partial charge >= 0.3 is 12.3 Å². The van der Waals surface area contributed by atoms with Crippen molar-refractivity contribution in [2.45, 2.75) is 16.8 Å². The predicted octanol–water partition coefficient (Wildman–Crippen LogP) is 0.949. The second-order valence-electron chi connectivity index (χ2n) is 6.01. The molecule has 1 saturated heterocycles. The molecule has 0 aliphatic carbocycles. The number of piperazine rings is 1. The third kappa shape index (κ3) is 4.02. The van der Waals surface area contributed by atoms with Gasteiger partial charge in [-0.25, -0.2) is 23.2 Å². The lowest BCUT2D eigenvalue weighted by Crippen LogP contribution is -2.65. The fraction of sp³-hybridized carbons (Fsp3) is 0.312. The molecule has 9 nitrogen and oxygen atoms in total. The Morgan fingerprint density at radius 3 is 2.38 bits per heavy atom. The zero-order valence-corrected chi connectivity index (χ0v) is 15.4. The van der Waals surface area contributed by atoms with Gasteiger partial charge < -0.3 is 15.2 Å². The molecule has 3 rings (SSSR count). The molecule has 0 radical (unpaired) electrons. The number of aromatic nitrogens is 2. The summed E-state index contributed by atoms with van der Waals surface area (Å²) in [6.45, 7) is -0.342. The molecule has 0 bridgehead atoms. The van der Waals surface area contributed by atoms with E-state index in [0.29, 0.717) is 0 Å². The summed E-state index contributed by atoms with van der Waals surface area (Å²) in [5, 5.41) is 12.8. The molecule has 2 N–H and O–H groups in total. The average molecular weight is 432 g/mol. The number of sulfonamides is 1. The van der Waals surface area contributed by atoms with Gasteiger partial charge in [0.2, 0.25) is 15.6 Å². The molecule has 0 saturated carbocycles. The molecule has 2 heterocycles. The van der Waals surface area contributed by atoms with E-state index in [1.165, 1.54) is 18.5 Å². The van der Waals surface area contributed by atoms with Gasteiger partial charge in [0.05, 0.1) is 4.90 Å². The molecule has 1 aromatic carbocycles. The molecule has 0 amide bonds. The molecule has 29 heavy (non-hydrogen) atoms. The zero-order chi connectivity index (χ0) is 21.3. The number of carboxylic acid groups (broad SMARTS) is 1. The Bertz CT molecular complexity index is 986. The minimum atomic E-state index is -4.93. The first-order valence-electron chi connectivity index (χ1n) is 8.18. The Balaban J connectivity index is 2.04. The predicted molar refractivity (Wildman–Crippen MR) is 91.2 cm³/mol. The van der Waals surface area contributed by atoms with Crippen LogP contribution < -0.4 is 10.1 Å². The standard InChI is InChI=1S/C16H15F3N4O5S/c17-16(18,19)28-11-2-4-12(5-3-11)29(26,27)23-9-8-20-10-15(23,14(24)25)13-21-6-1-7-22-13/h1-7,20H,8-10H2,(H,24,25). The van der Waals surface area contributed by atoms with Crippen LogP contribution in [0.5, 0.6) is 5.75 Å². The fourth-order valence-corrected chi connectivity index (χ4v) is 4.68. The molecule has 0 spiro atoms. The van der Waals surface area contributed by atoms with Gasteiger partial charge in [-0.3, -0.25) is 0 Å². The Morgan fingerprint density at radius 2 is 1.83 bits per heavy atom. The lowest BCUT2D eigenvalue weighted by molar-refractivity contribution is -0.274. The van der Waals surface area contributed by atoms with Crippen molar-refractivity contribution in [2.24, 2.45) is 0 Å². The van der Waals surface area contributed by atoms with Gasteiger partial charge in [0.15, 0.2) is 5.82 Å². The first-order valence-corrected chi connectivity index (χ1v) is 9.62. The highest BCUT2D eigenvalue weighted by atomic mass is 32.2. The van der Waals surface area contributed by atoms with Crippen molar-refractivity contribution in [3.63, 3.8) is 0 Å². The van der Waals surface area contributed by atoms with E-state index in [1.54, 1.807) is 0 Å². The first kappa shape index (κ1) is 21.0. The molecule has 1 fully saturated rings. The van der Waals surface area contributed by atoms with Crippen molar-refractivity contribution in [1.29, 1.82) is 0 Å². The number of carboxylic acids is 1. The maximum Gasteiger partial charge on any atom is 0.573 e. The van der Waals surface area contributed by atoms with E-state index in [4.69, 9.17) is 0 Å². The second-order valence-corrected chi connectivity index (χ2v) is 7.87. The summed E-state index contributed by atoms with van der Waals surface area (Å²) in [7, 11) is -4.43. The molecule has 1 atom stereocenters. The van der Waals surface area contributed by atoms with Crippen LogP contribution in [0.25, 0.3) is 0 Å². The maximum absolute atomic E-state index is 13.2. The summed E-state index contributed by atoms with van der Waals surface area (Å²) in [6, 6.07) is 4.95. The topological polar surface area (TPSA) is 122 Å². The van der Waals surface area contributed by atoms with E-state index in [0.717, 1.165) is 28.6 Å². The van der Waals surface area contributed by atoms with Gasteiger partial charge in [0, 0.05) is 32.0 Å². The largest absolute Gasteiger partial charge is 0.573 e. The fourth-order valence-electron chi connectivity index (χ4n) is 2.98. The van der Waals surface area contributed by atoms with Crippen molar-refractivity contribution >= 4 is 16.0 Å². The molecule has 156 valence electrons. The van der Waals surface area contributed by atoms with Crippen LogP contribution in [0.15, 0.2) is 47.6 Å². The van der Waals surface area contributed by atoms with Crippen LogP contribution in [0.4, 0.5) is 13.2 Å². The maximum atomic E-state index is 13.2. The molecule has 2 aromatic rings. The van der Waals surface area contributed by atoms with Gasteiger partial charge in [-0.2, -0.15) is 4.31 Å². The lowest BCUT2D eigenvalue weighted by Gasteiger charge is -2.41. The van der Waals surface area contributed by atoms with E-state index in [2.05, 4.69) is 20.0 Å². The SMILES string of the molecule is O=C(O)C1(c2ncccn2)CNCCN1S(=O)(=O)c1ccc(OC(F)(F)F)cc1. The molecule has 1 aliphatic rings. The second kappa shape index (κ2) is 7.57. The molecular formula is C16H15F3N4O5S. The van der Waals surface area contributed by atoms with Crippen molar-refractivity contribution in [3.8, 4) is 5.75 Å². The minimum Gasteiger partial charge on any atom is -0.479 e. The smallest absolute Gasteiger partial charge is 0.479 e. The van der Waals surface area contributed by atoms with Crippen LogP contribution in [0.1, 0.15) is 5.82 Å². The van der Waals surface area contributed by atoms with Crippen LogP contribution in [0.2, 0.25) is 0 Å². The van der Waals surface area contributed by atoms with Gasteiger partial charge in [-0.1, -0.05) is 0 Å². The van der Waals surface area contributed by atoms with Gasteiger partial charge in [0.1, 0.15) is 5.75 Å². The normalized spacial score (nSPS) is 20.9. The Hall–Kier alpha value is -2.77. The van der Waals surface area contributed by atoms with Crippen LogP contribution in [0, 0.1) is 0 Å². The van der Waals surface area contributed by atoms with Gasteiger partial charge in [0.25, 0.3) is 0 Å².